The maximum atomic E-state index is 12.4. The lowest BCUT2D eigenvalue weighted by Crippen LogP contribution is -2.36. The Balaban J connectivity index is 1.57. The van der Waals surface area contributed by atoms with Crippen molar-refractivity contribution in [2.75, 3.05) is 11.9 Å². The van der Waals surface area contributed by atoms with Crippen LogP contribution in [-0.4, -0.2) is 28.8 Å². The maximum absolute atomic E-state index is 12.4. The first-order valence-corrected chi connectivity index (χ1v) is 8.63. The number of carbonyl (C=O) groups is 3. The van der Waals surface area contributed by atoms with Crippen LogP contribution in [0.15, 0.2) is 65.4 Å². The lowest BCUT2D eigenvalue weighted by molar-refractivity contribution is -0.118. The van der Waals surface area contributed by atoms with E-state index < -0.39 is 11.8 Å². The van der Waals surface area contributed by atoms with Crippen molar-refractivity contribution in [3.05, 3.63) is 78.0 Å². The van der Waals surface area contributed by atoms with Crippen molar-refractivity contribution in [1.29, 1.82) is 0 Å². The molecule has 3 rings (SSSR count). The van der Waals surface area contributed by atoms with Crippen LogP contribution in [0.2, 0.25) is 0 Å². The van der Waals surface area contributed by atoms with Crippen LogP contribution >= 0.6 is 0 Å². The highest BCUT2D eigenvalue weighted by Gasteiger charge is 2.15. The van der Waals surface area contributed by atoms with Crippen LogP contribution in [0.25, 0.3) is 0 Å². The lowest BCUT2D eigenvalue weighted by atomic mass is 10.1. The number of hydrogen-bond donors (Lipinski definition) is 3. The molecule has 2 heterocycles. The van der Waals surface area contributed by atoms with Gasteiger partial charge in [-0.05, 0) is 36.4 Å². The van der Waals surface area contributed by atoms with Crippen LogP contribution in [0.3, 0.4) is 0 Å². The van der Waals surface area contributed by atoms with Gasteiger partial charge in [-0.15, -0.1) is 0 Å². The minimum atomic E-state index is -0.503. The molecule has 0 spiro atoms. The van der Waals surface area contributed by atoms with Crippen LogP contribution in [0, 0.1) is 0 Å². The minimum Gasteiger partial charge on any atom is -0.467 e. The summed E-state index contributed by atoms with van der Waals surface area (Å²) in [6.45, 7) is 0.102. The molecule has 8 nitrogen and oxygen atoms in total. The molecule has 3 N–H and O–H groups in total. The van der Waals surface area contributed by atoms with Gasteiger partial charge in [0.1, 0.15) is 11.5 Å². The monoisotopic (exact) mass is 380 g/mol. The zero-order chi connectivity index (χ0) is 19.9. The number of nitrogens with one attached hydrogen (secondary N) is 3. The highest BCUT2D eigenvalue weighted by atomic mass is 16.3. The SMILES string of the molecule is Cn1cccc1C(=O)NC(=O)CNc1ccccc1C(=O)NCc1ccco1. The smallest absolute Gasteiger partial charge is 0.274 e. The molecular weight excluding hydrogens is 360 g/mol. The van der Waals surface area contributed by atoms with Crippen molar-refractivity contribution in [1.82, 2.24) is 15.2 Å². The summed E-state index contributed by atoms with van der Waals surface area (Å²) in [5.41, 5.74) is 1.25. The zero-order valence-corrected chi connectivity index (χ0v) is 15.3. The lowest BCUT2D eigenvalue weighted by Gasteiger charge is -2.12. The Morgan fingerprint density at radius 1 is 1.00 bits per heavy atom. The standard InChI is InChI=1S/C20H20N4O4/c1-24-10-4-9-17(24)20(27)23-18(25)13-21-16-8-3-2-7-15(16)19(26)22-12-14-6-5-11-28-14/h2-11,21H,12-13H2,1H3,(H,22,26)(H,23,25,27). The van der Waals surface area contributed by atoms with E-state index in [9.17, 15) is 14.4 Å². The fourth-order valence-electron chi connectivity index (χ4n) is 2.62. The normalized spacial score (nSPS) is 10.3. The van der Waals surface area contributed by atoms with Crippen LogP contribution in [-0.2, 0) is 18.4 Å². The molecule has 0 unspecified atom stereocenters. The number of aromatic nitrogens is 1. The molecule has 0 aliphatic rings. The summed E-state index contributed by atoms with van der Waals surface area (Å²) < 4.78 is 6.81. The van der Waals surface area contributed by atoms with E-state index in [1.165, 1.54) is 6.26 Å². The average molecular weight is 380 g/mol. The van der Waals surface area contributed by atoms with E-state index in [4.69, 9.17) is 4.42 Å². The van der Waals surface area contributed by atoms with Gasteiger partial charge in [0.2, 0.25) is 5.91 Å². The summed E-state index contributed by atoms with van der Waals surface area (Å²) in [5.74, 6) is -0.655. The summed E-state index contributed by atoms with van der Waals surface area (Å²) in [6, 6.07) is 13.7. The quantitative estimate of drug-likeness (QED) is 0.581. The van der Waals surface area contributed by atoms with Crippen molar-refractivity contribution in [3.8, 4) is 0 Å². The average Bonchev–Trinajstić information content (AvgIpc) is 3.36. The number of aryl methyl sites for hydroxylation is 1. The van der Waals surface area contributed by atoms with Gasteiger partial charge in [-0.2, -0.15) is 0 Å². The van der Waals surface area contributed by atoms with Crippen molar-refractivity contribution in [3.63, 3.8) is 0 Å². The number of carbonyl (C=O) groups excluding carboxylic acids is 3. The van der Waals surface area contributed by atoms with Crippen molar-refractivity contribution >= 4 is 23.4 Å². The number of anilines is 1. The summed E-state index contributed by atoms with van der Waals surface area (Å²) in [5, 5.41) is 7.96. The van der Waals surface area contributed by atoms with E-state index in [1.54, 1.807) is 66.3 Å². The van der Waals surface area contributed by atoms with Crippen LogP contribution in [0.1, 0.15) is 26.6 Å². The third-order valence-corrected chi connectivity index (χ3v) is 4.04. The molecule has 28 heavy (non-hydrogen) atoms. The van der Waals surface area contributed by atoms with E-state index in [0.29, 0.717) is 22.7 Å². The number of nitrogens with zero attached hydrogens (tertiary/aromatic N) is 1. The zero-order valence-electron chi connectivity index (χ0n) is 15.3. The van der Waals surface area contributed by atoms with Gasteiger partial charge in [0, 0.05) is 18.9 Å². The Morgan fingerprint density at radius 3 is 2.54 bits per heavy atom. The number of benzene rings is 1. The topological polar surface area (TPSA) is 105 Å². The van der Waals surface area contributed by atoms with Crippen LogP contribution in [0.5, 0.6) is 0 Å². The van der Waals surface area contributed by atoms with Crippen molar-refractivity contribution in [2.45, 2.75) is 6.54 Å². The van der Waals surface area contributed by atoms with Gasteiger partial charge in [-0.25, -0.2) is 0 Å². The second kappa shape index (κ2) is 8.72. The number of amides is 3. The molecule has 1 aromatic carbocycles. The van der Waals surface area contributed by atoms with Gasteiger partial charge in [-0.1, -0.05) is 12.1 Å². The largest absolute Gasteiger partial charge is 0.467 e. The van der Waals surface area contributed by atoms with E-state index in [2.05, 4.69) is 16.0 Å². The fraction of sp³-hybridized carbons (Fsp3) is 0.150. The number of imide groups is 1. The Kier molecular flexibility index (Phi) is 5.91. The van der Waals surface area contributed by atoms with Crippen molar-refractivity contribution < 1.29 is 18.8 Å². The van der Waals surface area contributed by atoms with Crippen molar-refractivity contribution in [2.24, 2.45) is 7.05 Å². The highest BCUT2D eigenvalue weighted by Crippen LogP contribution is 2.15. The molecule has 0 aliphatic carbocycles. The molecule has 0 saturated carbocycles. The molecule has 0 saturated heterocycles. The fourth-order valence-corrected chi connectivity index (χ4v) is 2.62. The van der Waals surface area contributed by atoms with Gasteiger partial charge in [-0.3, -0.25) is 19.7 Å². The number of hydrogen-bond acceptors (Lipinski definition) is 5. The van der Waals surface area contributed by atoms with E-state index >= 15 is 0 Å². The Labute approximate surface area is 161 Å². The minimum absolute atomic E-state index is 0.154. The molecule has 0 radical (unpaired) electrons. The van der Waals surface area contributed by atoms with E-state index in [0.717, 1.165) is 0 Å². The predicted octanol–water partition coefficient (Wildman–Crippen LogP) is 1.92. The first-order chi connectivity index (χ1) is 13.5. The Morgan fingerprint density at radius 2 is 1.82 bits per heavy atom. The van der Waals surface area contributed by atoms with E-state index in [-0.39, 0.29) is 19.0 Å². The van der Waals surface area contributed by atoms with Crippen LogP contribution < -0.4 is 16.0 Å². The third kappa shape index (κ3) is 4.67. The molecule has 2 aromatic heterocycles. The molecule has 0 atom stereocenters. The Hall–Kier alpha value is -3.81. The Bertz CT molecular complexity index is 976. The highest BCUT2D eigenvalue weighted by molar-refractivity contribution is 6.05. The summed E-state index contributed by atoms with van der Waals surface area (Å²) in [6.07, 6.45) is 3.25. The summed E-state index contributed by atoms with van der Waals surface area (Å²) >= 11 is 0. The second-order valence-corrected chi connectivity index (χ2v) is 6.04. The van der Waals surface area contributed by atoms with E-state index in [1.807, 2.05) is 0 Å². The number of para-hydroxylation sites is 1. The molecular formula is C20H20N4O4. The first-order valence-electron chi connectivity index (χ1n) is 8.63. The molecule has 0 bridgehead atoms. The van der Waals surface area contributed by atoms with Gasteiger partial charge in [0.15, 0.2) is 0 Å². The molecule has 0 fully saturated rings. The third-order valence-electron chi connectivity index (χ3n) is 4.04. The van der Waals surface area contributed by atoms with Gasteiger partial charge in [0.25, 0.3) is 11.8 Å². The second-order valence-electron chi connectivity index (χ2n) is 6.04. The molecule has 0 aliphatic heterocycles. The molecule has 8 heteroatoms. The van der Waals surface area contributed by atoms with Gasteiger partial charge in [0.05, 0.1) is 24.9 Å². The molecule has 3 aromatic rings. The first kappa shape index (κ1) is 19.0. The van der Waals surface area contributed by atoms with Crippen LogP contribution in [0.4, 0.5) is 5.69 Å². The predicted molar refractivity (Wildman–Crippen MR) is 103 cm³/mol. The maximum Gasteiger partial charge on any atom is 0.274 e. The molecule has 3 amide bonds. The number of furan rings is 1. The van der Waals surface area contributed by atoms with Gasteiger partial charge >= 0.3 is 0 Å². The van der Waals surface area contributed by atoms with Gasteiger partial charge < -0.3 is 19.6 Å². The summed E-state index contributed by atoms with van der Waals surface area (Å²) in [4.78, 5) is 36.6. The molecule has 144 valence electrons. The number of rotatable bonds is 7. The summed E-state index contributed by atoms with van der Waals surface area (Å²) in [7, 11) is 1.72.